The number of amides is 2. The van der Waals surface area contributed by atoms with Crippen LogP contribution in [0.15, 0.2) is 47.1 Å². The van der Waals surface area contributed by atoms with Crippen LogP contribution in [-0.2, 0) is 6.42 Å². The summed E-state index contributed by atoms with van der Waals surface area (Å²) in [4.78, 5) is 26.8. The van der Waals surface area contributed by atoms with E-state index in [9.17, 15) is 9.59 Å². The Balaban J connectivity index is 1.29. The molecule has 28 heavy (non-hydrogen) atoms. The molecule has 1 unspecified atom stereocenters. The Hall–Kier alpha value is -2.60. The lowest BCUT2D eigenvalue weighted by molar-refractivity contribution is 0.0667. The van der Waals surface area contributed by atoms with E-state index in [4.69, 9.17) is 4.42 Å². The maximum Gasteiger partial charge on any atom is 0.289 e. The summed E-state index contributed by atoms with van der Waals surface area (Å²) >= 11 is 0. The molecular formula is C22H27N3O3. The highest BCUT2D eigenvalue weighted by Gasteiger charge is 2.26. The second-order valence-electron chi connectivity index (χ2n) is 7.78. The van der Waals surface area contributed by atoms with E-state index in [1.165, 1.54) is 18.2 Å². The standard InChI is InChI=1S/C22H27N3O3/c26-21(18-4-1-3-16(14-18)13-17-6-9-23-15-17)24-19-7-10-25(11-8-19)22(27)20-5-2-12-28-20/h1-5,12,14,17,19,23H,6-11,13,15H2,(H,24,26). The van der Waals surface area contributed by atoms with Crippen LogP contribution in [0.1, 0.15) is 45.7 Å². The van der Waals surface area contributed by atoms with Crippen molar-refractivity contribution in [1.82, 2.24) is 15.5 Å². The van der Waals surface area contributed by atoms with Crippen LogP contribution >= 0.6 is 0 Å². The fraction of sp³-hybridized carbons (Fsp3) is 0.455. The van der Waals surface area contributed by atoms with Gasteiger partial charge >= 0.3 is 0 Å². The minimum Gasteiger partial charge on any atom is -0.459 e. The molecule has 0 spiro atoms. The molecular weight excluding hydrogens is 354 g/mol. The van der Waals surface area contributed by atoms with Crippen molar-refractivity contribution in [2.24, 2.45) is 5.92 Å². The Labute approximate surface area is 165 Å². The topological polar surface area (TPSA) is 74.6 Å². The number of furan rings is 1. The van der Waals surface area contributed by atoms with E-state index in [1.807, 2.05) is 18.2 Å². The Morgan fingerprint density at radius 3 is 2.71 bits per heavy atom. The van der Waals surface area contributed by atoms with Crippen LogP contribution in [0.4, 0.5) is 0 Å². The molecule has 2 aliphatic rings. The largest absolute Gasteiger partial charge is 0.459 e. The number of carbonyl (C=O) groups is 2. The molecule has 6 nitrogen and oxygen atoms in total. The minimum atomic E-state index is -0.0797. The lowest BCUT2D eigenvalue weighted by Crippen LogP contribution is -2.46. The molecule has 1 aromatic heterocycles. The Kier molecular flexibility index (Phi) is 5.76. The molecule has 2 saturated heterocycles. The summed E-state index contributed by atoms with van der Waals surface area (Å²) < 4.78 is 5.19. The third-order valence-electron chi connectivity index (χ3n) is 5.73. The van der Waals surface area contributed by atoms with E-state index in [1.54, 1.807) is 17.0 Å². The Morgan fingerprint density at radius 1 is 1.14 bits per heavy atom. The third kappa shape index (κ3) is 4.44. The summed E-state index contributed by atoms with van der Waals surface area (Å²) in [6.07, 6.45) is 5.24. The molecule has 0 saturated carbocycles. The molecule has 2 amide bonds. The number of nitrogens with one attached hydrogen (secondary N) is 2. The van der Waals surface area contributed by atoms with Crippen LogP contribution in [-0.4, -0.2) is 48.9 Å². The number of benzene rings is 1. The van der Waals surface area contributed by atoms with Gasteiger partial charge in [0.1, 0.15) is 0 Å². The first kappa shape index (κ1) is 18.7. The highest BCUT2D eigenvalue weighted by Crippen LogP contribution is 2.18. The van der Waals surface area contributed by atoms with Gasteiger partial charge in [0.2, 0.25) is 0 Å². The van der Waals surface area contributed by atoms with Crippen LogP contribution in [0.3, 0.4) is 0 Å². The van der Waals surface area contributed by atoms with Crippen LogP contribution in [0.2, 0.25) is 0 Å². The minimum absolute atomic E-state index is 0.0257. The number of rotatable bonds is 5. The van der Waals surface area contributed by atoms with Crippen molar-refractivity contribution < 1.29 is 14.0 Å². The van der Waals surface area contributed by atoms with Gasteiger partial charge in [0.05, 0.1) is 6.26 Å². The smallest absolute Gasteiger partial charge is 0.289 e. The van der Waals surface area contributed by atoms with Gasteiger partial charge < -0.3 is 20.0 Å². The third-order valence-corrected chi connectivity index (χ3v) is 5.73. The van der Waals surface area contributed by atoms with Crippen LogP contribution < -0.4 is 10.6 Å². The van der Waals surface area contributed by atoms with Crippen molar-refractivity contribution in [2.75, 3.05) is 26.2 Å². The van der Waals surface area contributed by atoms with Gasteiger partial charge in [-0.2, -0.15) is 0 Å². The molecule has 2 fully saturated rings. The molecule has 6 heteroatoms. The number of nitrogens with zero attached hydrogens (tertiary/aromatic N) is 1. The van der Waals surface area contributed by atoms with Crippen molar-refractivity contribution >= 4 is 11.8 Å². The van der Waals surface area contributed by atoms with Crippen LogP contribution in [0, 0.1) is 5.92 Å². The van der Waals surface area contributed by atoms with Gasteiger partial charge in [-0.15, -0.1) is 0 Å². The fourth-order valence-electron chi connectivity index (χ4n) is 4.11. The lowest BCUT2D eigenvalue weighted by atomic mass is 9.97. The van der Waals surface area contributed by atoms with Crippen LogP contribution in [0.5, 0.6) is 0 Å². The average molecular weight is 381 g/mol. The highest BCUT2D eigenvalue weighted by molar-refractivity contribution is 5.94. The maximum atomic E-state index is 12.7. The Bertz CT molecular complexity index is 804. The quantitative estimate of drug-likeness (QED) is 0.834. The average Bonchev–Trinajstić information content (AvgIpc) is 3.42. The summed E-state index contributed by atoms with van der Waals surface area (Å²) in [6.45, 7) is 3.40. The lowest BCUT2D eigenvalue weighted by Gasteiger charge is -2.31. The number of likely N-dealkylation sites (tertiary alicyclic amines) is 1. The van der Waals surface area contributed by atoms with Crippen molar-refractivity contribution in [3.05, 3.63) is 59.5 Å². The summed E-state index contributed by atoms with van der Waals surface area (Å²) in [6, 6.07) is 11.5. The maximum absolute atomic E-state index is 12.7. The number of piperidine rings is 1. The van der Waals surface area contributed by atoms with Gasteiger partial charge in [0.25, 0.3) is 11.8 Å². The van der Waals surface area contributed by atoms with E-state index < -0.39 is 0 Å². The van der Waals surface area contributed by atoms with Gasteiger partial charge in [0.15, 0.2) is 5.76 Å². The van der Waals surface area contributed by atoms with E-state index in [-0.39, 0.29) is 17.9 Å². The monoisotopic (exact) mass is 381 g/mol. The van der Waals surface area contributed by atoms with Crippen molar-refractivity contribution in [1.29, 1.82) is 0 Å². The molecule has 1 aromatic carbocycles. The van der Waals surface area contributed by atoms with E-state index in [2.05, 4.69) is 16.7 Å². The molecule has 2 aromatic rings. The van der Waals surface area contributed by atoms with E-state index in [0.717, 1.165) is 37.9 Å². The number of carbonyl (C=O) groups excluding carboxylic acids is 2. The predicted octanol–water partition coefficient (Wildman–Crippen LogP) is 2.47. The SMILES string of the molecule is O=C(NC1CCN(C(=O)c2ccco2)CC1)c1cccc(CC2CCNC2)c1. The highest BCUT2D eigenvalue weighted by atomic mass is 16.3. The molecule has 2 N–H and O–H groups in total. The second-order valence-corrected chi connectivity index (χ2v) is 7.78. The van der Waals surface area contributed by atoms with Crippen molar-refractivity contribution in [2.45, 2.75) is 31.7 Å². The first-order valence-corrected chi connectivity index (χ1v) is 10.1. The fourth-order valence-corrected chi connectivity index (χ4v) is 4.11. The number of hydrogen-bond donors (Lipinski definition) is 2. The van der Waals surface area contributed by atoms with Gasteiger partial charge in [-0.25, -0.2) is 0 Å². The molecule has 4 rings (SSSR count). The molecule has 0 aliphatic carbocycles. The normalized spacial score (nSPS) is 20.3. The predicted molar refractivity (Wildman–Crippen MR) is 106 cm³/mol. The van der Waals surface area contributed by atoms with Gasteiger partial charge in [-0.1, -0.05) is 12.1 Å². The van der Waals surface area contributed by atoms with Crippen LogP contribution in [0.25, 0.3) is 0 Å². The number of hydrogen-bond acceptors (Lipinski definition) is 4. The summed E-state index contributed by atoms with van der Waals surface area (Å²) in [7, 11) is 0. The molecule has 148 valence electrons. The van der Waals surface area contributed by atoms with Gasteiger partial charge in [0, 0.05) is 24.7 Å². The van der Waals surface area contributed by atoms with E-state index in [0.29, 0.717) is 24.8 Å². The molecule has 0 bridgehead atoms. The van der Waals surface area contributed by atoms with Crippen molar-refractivity contribution in [3.63, 3.8) is 0 Å². The van der Waals surface area contributed by atoms with Gasteiger partial charge in [-0.3, -0.25) is 9.59 Å². The van der Waals surface area contributed by atoms with Gasteiger partial charge in [-0.05, 0) is 74.5 Å². The zero-order valence-corrected chi connectivity index (χ0v) is 16.0. The van der Waals surface area contributed by atoms with E-state index >= 15 is 0 Å². The second kappa shape index (κ2) is 8.61. The summed E-state index contributed by atoms with van der Waals surface area (Å²) in [5.74, 6) is 0.928. The molecule has 2 aliphatic heterocycles. The van der Waals surface area contributed by atoms with Crippen molar-refractivity contribution in [3.8, 4) is 0 Å². The zero-order chi connectivity index (χ0) is 19.3. The summed E-state index contributed by atoms with van der Waals surface area (Å²) in [5, 5.41) is 6.53. The molecule has 3 heterocycles. The molecule has 0 radical (unpaired) electrons. The Morgan fingerprint density at radius 2 is 2.00 bits per heavy atom. The summed E-state index contributed by atoms with van der Waals surface area (Å²) in [5.41, 5.74) is 1.94. The first-order valence-electron chi connectivity index (χ1n) is 10.1. The molecule has 1 atom stereocenters. The zero-order valence-electron chi connectivity index (χ0n) is 16.0. The first-order chi connectivity index (χ1) is 13.7.